The van der Waals surface area contributed by atoms with Crippen LogP contribution in [0.25, 0.3) is 0 Å². The SMILES string of the molecule is CN1C(=O)CS(=O)(=O)c2ccccc2C(=O)N1C. The molecule has 0 radical (unpaired) electrons. The highest BCUT2D eigenvalue weighted by molar-refractivity contribution is 7.92. The summed E-state index contributed by atoms with van der Waals surface area (Å²) in [6, 6.07) is 5.90. The first-order valence-electron chi connectivity index (χ1n) is 5.21. The summed E-state index contributed by atoms with van der Waals surface area (Å²) in [5, 5.41) is 2.12. The number of hydrogen-bond donors (Lipinski definition) is 0. The van der Waals surface area contributed by atoms with Crippen LogP contribution in [0.1, 0.15) is 10.4 Å². The van der Waals surface area contributed by atoms with Crippen molar-refractivity contribution < 1.29 is 18.0 Å². The van der Waals surface area contributed by atoms with Gasteiger partial charge >= 0.3 is 0 Å². The summed E-state index contributed by atoms with van der Waals surface area (Å²) in [5.41, 5.74) is 0.0827. The maximum absolute atomic E-state index is 12.1. The molecule has 18 heavy (non-hydrogen) atoms. The molecule has 0 spiro atoms. The molecule has 0 atom stereocenters. The number of carbonyl (C=O) groups is 2. The Labute approximate surface area is 105 Å². The second kappa shape index (κ2) is 4.09. The first kappa shape index (κ1) is 12.6. The molecule has 96 valence electrons. The third kappa shape index (κ3) is 1.86. The standard InChI is InChI=1S/C11H12N2O4S/c1-12-10(14)7-18(16,17)9-6-4-3-5-8(9)11(15)13(12)2/h3-6H,7H2,1-2H3. The summed E-state index contributed by atoms with van der Waals surface area (Å²) in [6.45, 7) is 0. The highest BCUT2D eigenvalue weighted by Crippen LogP contribution is 2.21. The lowest BCUT2D eigenvalue weighted by Gasteiger charge is -2.30. The van der Waals surface area contributed by atoms with E-state index in [1.807, 2.05) is 0 Å². The van der Waals surface area contributed by atoms with Crippen LogP contribution >= 0.6 is 0 Å². The van der Waals surface area contributed by atoms with Gasteiger partial charge in [0.25, 0.3) is 11.8 Å². The number of benzene rings is 1. The molecule has 1 aromatic carbocycles. The zero-order chi connectivity index (χ0) is 13.5. The summed E-state index contributed by atoms with van der Waals surface area (Å²) in [7, 11) is -0.989. The van der Waals surface area contributed by atoms with Gasteiger partial charge in [-0.05, 0) is 12.1 Å². The van der Waals surface area contributed by atoms with Gasteiger partial charge in [0, 0.05) is 14.1 Å². The van der Waals surface area contributed by atoms with Crippen molar-refractivity contribution in [2.75, 3.05) is 19.8 Å². The number of carbonyl (C=O) groups excluding carboxylic acids is 2. The highest BCUT2D eigenvalue weighted by Gasteiger charge is 2.33. The molecule has 0 N–H and O–H groups in total. The monoisotopic (exact) mass is 268 g/mol. The van der Waals surface area contributed by atoms with E-state index >= 15 is 0 Å². The summed E-state index contributed by atoms with van der Waals surface area (Å²) < 4.78 is 24.1. The number of hydrazine groups is 1. The van der Waals surface area contributed by atoms with Gasteiger partial charge in [0.05, 0.1) is 10.5 Å². The molecule has 7 heteroatoms. The predicted molar refractivity (Wildman–Crippen MR) is 63.4 cm³/mol. The van der Waals surface area contributed by atoms with Crippen molar-refractivity contribution in [3.63, 3.8) is 0 Å². The van der Waals surface area contributed by atoms with E-state index in [4.69, 9.17) is 0 Å². The molecule has 0 saturated carbocycles. The number of sulfone groups is 1. The second-order valence-corrected chi connectivity index (χ2v) is 5.96. The van der Waals surface area contributed by atoms with E-state index in [0.717, 1.165) is 10.0 Å². The minimum absolute atomic E-state index is 0.0827. The zero-order valence-corrected chi connectivity index (χ0v) is 10.8. The lowest BCUT2D eigenvalue weighted by Crippen LogP contribution is -2.48. The Morgan fingerprint density at radius 1 is 1.06 bits per heavy atom. The van der Waals surface area contributed by atoms with Crippen molar-refractivity contribution in [3.05, 3.63) is 29.8 Å². The Bertz CT molecular complexity index is 624. The average Bonchev–Trinajstić information content (AvgIpc) is 2.34. The minimum Gasteiger partial charge on any atom is -0.272 e. The summed E-state index contributed by atoms with van der Waals surface area (Å²) in [4.78, 5) is 23.7. The van der Waals surface area contributed by atoms with E-state index in [-0.39, 0.29) is 10.5 Å². The summed E-state index contributed by atoms with van der Waals surface area (Å²) in [6.07, 6.45) is 0. The molecule has 0 saturated heterocycles. The van der Waals surface area contributed by atoms with Gasteiger partial charge in [-0.1, -0.05) is 12.1 Å². The number of fused-ring (bicyclic) bond motifs is 1. The zero-order valence-electron chi connectivity index (χ0n) is 9.95. The van der Waals surface area contributed by atoms with Crippen LogP contribution in [0, 0.1) is 0 Å². The first-order chi connectivity index (χ1) is 8.34. The molecule has 0 fully saturated rings. The molecule has 1 aliphatic heterocycles. The van der Waals surface area contributed by atoms with E-state index in [1.54, 1.807) is 6.07 Å². The summed E-state index contributed by atoms with van der Waals surface area (Å²) in [5.74, 6) is -1.80. The molecule has 2 amide bonds. The Balaban J connectivity index is 2.71. The van der Waals surface area contributed by atoms with Gasteiger partial charge in [-0.2, -0.15) is 0 Å². The number of rotatable bonds is 0. The first-order valence-corrected chi connectivity index (χ1v) is 6.86. The Morgan fingerprint density at radius 3 is 2.33 bits per heavy atom. The van der Waals surface area contributed by atoms with E-state index in [9.17, 15) is 18.0 Å². The van der Waals surface area contributed by atoms with Crippen LogP contribution in [0.4, 0.5) is 0 Å². The lowest BCUT2D eigenvalue weighted by molar-refractivity contribution is -0.137. The van der Waals surface area contributed by atoms with Crippen LogP contribution in [0.15, 0.2) is 29.2 Å². The van der Waals surface area contributed by atoms with E-state index in [0.29, 0.717) is 0 Å². The molecule has 0 bridgehead atoms. The Hall–Kier alpha value is -1.89. The smallest absolute Gasteiger partial charge is 0.272 e. The van der Waals surface area contributed by atoms with E-state index in [1.165, 1.54) is 32.3 Å². The quantitative estimate of drug-likeness (QED) is 0.659. The topological polar surface area (TPSA) is 74.8 Å². The minimum atomic E-state index is -3.78. The van der Waals surface area contributed by atoms with Crippen molar-refractivity contribution in [3.8, 4) is 0 Å². The molecule has 1 aromatic rings. The highest BCUT2D eigenvalue weighted by atomic mass is 32.2. The van der Waals surface area contributed by atoms with Gasteiger partial charge in [0.2, 0.25) is 0 Å². The van der Waals surface area contributed by atoms with Gasteiger partial charge in [0.1, 0.15) is 5.75 Å². The van der Waals surface area contributed by atoms with E-state index in [2.05, 4.69) is 0 Å². The van der Waals surface area contributed by atoms with Gasteiger partial charge in [-0.3, -0.25) is 19.6 Å². The van der Waals surface area contributed by atoms with Gasteiger partial charge in [0.15, 0.2) is 9.84 Å². The number of nitrogens with zero attached hydrogens (tertiary/aromatic N) is 2. The maximum atomic E-state index is 12.1. The third-order valence-electron chi connectivity index (χ3n) is 2.87. The Morgan fingerprint density at radius 2 is 1.67 bits per heavy atom. The van der Waals surface area contributed by atoms with Crippen LogP contribution in [0.3, 0.4) is 0 Å². The van der Waals surface area contributed by atoms with Gasteiger partial charge in [-0.15, -0.1) is 0 Å². The fraction of sp³-hybridized carbons (Fsp3) is 0.273. The Kier molecular flexibility index (Phi) is 2.86. The van der Waals surface area contributed by atoms with Crippen molar-refractivity contribution in [1.29, 1.82) is 0 Å². The fourth-order valence-electron chi connectivity index (χ4n) is 1.73. The molecule has 0 aliphatic carbocycles. The molecule has 2 rings (SSSR count). The predicted octanol–water partition coefficient (Wildman–Crippen LogP) is -0.0807. The molecule has 1 heterocycles. The molecule has 6 nitrogen and oxygen atoms in total. The van der Waals surface area contributed by atoms with Crippen LogP contribution in [0.5, 0.6) is 0 Å². The second-order valence-electron chi connectivity index (χ2n) is 4.00. The van der Waals surface area contributed by atoms with Crippen molar-refractivity contribution in [1.82, 2.24) is 10.0 Å². The fourth-order valence-corrected chi connectivity index (χ4v) is 3.17. The third-order valence-corrected chi connectivity index (χ3v) is 4.52. The van der Waals surface area contributed by atoms with Crippen LogP contribution < -0.4 is 0 Å². The average molecular weight is 268 g/mol. The molecule has 0 unspecified atom stereocenters. The normalized spacial score (nSPS) is 19.2. The van der Waals surface area contributed by atoms with Crippen molar-refractivity contribution in [2.45, 2.75) is 4.90 Å². The van der Waals surface area contributed by atoms with E-state index < -0.39 is 27.4 Å². The van der Waals surface area contributed by atoms with Crippen LogP contribution in [0.2, 0.25) is 0 Å². The largest absolute Gasteiger partial charge is 0.273 e. The van der Waals surface area contributed by atoms with Crippen molar-refractivity contribution in [2.24, 2.45) is 0 Å². The van der Waals surface area contributed by atoms with Crippen LogP contribution in [-0.4, -0.2) is 50.1 Å². The molecule has 0 aromatic heterocycles. The number of amides is 2. The summed E-state index contributed by atoms with van der Waals surface area (Å²) >= 11 is 0. The molecule has 1 aliphatic rings. The molecular formula is C11H12N2O4S. The maximum Gasteiger partial charge on any atom is 0.273 e. The van der Waals surface area contributed by atoms with Gasteiger partial charge in [-0.25, -0.2) is 8.42 Å². The molecular weight excluding hydrogens is 256 g/mol. The lowest BCUT2D eigenvalue weighted by atomic mass is 10.2. The number of hydrogen-bond acceptors (Lipinski definition) is 4. The van der Waals surface area contributed by atoms with Crippen molar-refractivity contribution >= 4 is 21.7 Å². The van der Waals surface area contributed by atoms with Gasteiger partial charge < -0.3 is 0 Å². The van der Waals surface area contributed by atoms with Crippen LogP contribution in [-0.2, 0) is 14.6 Å².